The lowest BCUT2D eigenvalue weighted by Crippen LogP contribution is -2.29. The van der Waals surface area contributed by atoms with Crippen molar-refractivity contribution in [2.75, 3.05) is 0 Å². The van der Waals surface area contributed by atoms with E-state index in [-0.39, 0.29) is 0 Å². The minimum Gasteiger partial charge on any atom is -0.327 e. The molecule has 0 bridgehead atoms. The van der Waals surface area contributed by atoms with Crippen molar-refractivity contribution in [2.45, 2.75) is 78.2 Å². The van der Waals surface area contributed by atoms with Gasteiger partial charge in [-0.1, -0.05) is 59.3 Å². The predicted octanol–water partition coefficient (Wildman–Crippen LogP) is 4.11. The van der Waals surface area contributed by atoms with Crippen LogP contribution in [0, 0.1) is 5.92 Å². The van der Waals surface area contributed by atoms with Crippen LogP contribution in [0.2, 0.25) is 0 Å². The summed E-state index contributed by atoms with van der Waals surface area (Å²) in [4.78, 5) is 0. The molecular weight excluding hydrogens is 170 g/mol. The first-order chi connectivity index (χ1) is 6.76. The Morgan fingerprint density at radius 1 is 0.857 bits per heavy atom. The lowest BCUT2D eigenvalue weighted by atomic mass is 9.89. The van der Waals surface area contributed by atoms with Crippen molar-refractivity contribution in [2.24, 2.45) is 11.7 Å². The van der Waals surface area contributed by atoms with Crippen LogP contribution in [-0.4, -0.2) is 6.04 Å². The second kappa shape index (κ2) is 9.51. The lowest BCUT2D eigenvalue weighted by molar-refractivity contribution is 0.348. The molecule has 0 radical (unpaired) electrons. The van der Waals surface area contributed by atoms with E-state index in [0.29, 0.717) is 6.04 Å². The van der Waals surface area contributed by atoms with E-state index in [1.807, 2.05) is 0 Å². The number of hydrogen-bond acceptors (Lipinski definition) is 1. The Labute approximate surface area is 90.5 Å². The fourth-order valence-corrected chi connectivity index (χ4v) is 2.05. The molecule has 0 rings (SSSR count). The van der Waals surface area contributed by atoms with Crippen LogP contribution in [0.25, 0.3) is 0 Å². The van der Waals surface area contributed by atoms with Crippen LogP contribution < -0.4 is 5.73 Å². The summed E-state index contributed by atoms with van der Waals surface area (Å²) < 4.78 is 0. The Morgan fingerprint density at radius 3 is 2.00 bits per heavy atom. The summed E-state index contributed by atoms with van der Waals surface area (Å²) in [6.07, 6.45) is 10.4. The van der Waals surface area contributed by atoms with Gasteiger partial charge in [-0.2, -0.15) is 0 Å². The van der Waals surface area contributed by atoms with Gasteiger partial charge in [0, 0.05) is 6.04 Å². The third-order valence-electron chi connectivity index (χ3n) is 3.20. The number of unbranched alkanes of at least 4 members (excludes halogenated alkanes) is 3. The van der Waals surface area contributed by atoms with E-state index in [0.717, 1.165) is 5.92 Å². The van der Waals surface area contributed by atoms with Crippen LogP contribution in [0.1, 0.15) is 72.1 Å². The normalized spacial score (nSPS) is 15.4. The summed E-state index contributed by atoms with van der Waals surface area (Å²) in [7, 11) is 0. The van der Waals surface area contributed by atoms with Crippen molar-refractivity contribution in [3.63, 3.8) is 0 Å². The monoisotopic (exact) mass is 199 g/mol. The van der Waals surface area contributed by atoms with Crippen LogP contribution in [0.15, 0.2) is 0 Å². The SMILES string of the molecule is CCCCCC(N)C(CC)CCCC. The van der Waals surface area contributed by atoms with Gasteiger partial charge in [0.25, 0.3) is 0 Å². The fraction of sp³-hybridized carbons (Fsp3) is 1.00. The van der Waals surface area contributed by atoms with Crippen molar-refractivity contribution < 1.29 is 0 Å². The molecule has 0 aromatic rings. The molecule has 2 atom stereocenters. The van der Waals surface area contributed by atoms with Gasteiger partial charge in [-0.25, -0.2) is 0 Å². The molecule has 2 unspecified atom stereocenters. The maximum atomic E-state index is 6.21. The molecule has 14 heavy (non-hydrogen) atoms. The van der Waals surface area contributed by atoms with E-state index in [1.54, 1.807) is 0 Å². The minimum atomic E-state index is 0.457. The van der Waals surface area contributed by atoms with Gasteiger partial charge in [0.1, 0.15) is 0 Å². The van der Waals surface area contributed by atoms with Gasteiger partial charge in [0.2, 0.25) is 0 Å². The zero-order valence-corrected chi connectivity index (χ0v) is 10.4. The summed E-state index contributed by atoms with van der Waals surface area (Å²) in [5.41, 5.74) is 6.21. The highest BCUT2D eigenvalue weighted by Gasteiger charge is 2.14. The molecule has 2 N–H and O–H groups in total. The maximum Gasteiger partial charge on any atom is 0.00670 e. The molecule has 0 heterocycles. The highest BCUT2D eigenvalue weighted by molar-refractivity contribution is 4.71. The van der Waals surface area contributed by atoms with Crippen molar-refractivity contribution in [3.8, 4) is 0 Å². The fourth-order valence-electron chi connectivity index (χ4n) is 2.05. The lowest BCUT2D eigenvalue weighted by Gasteiger charge is -2.22. The topological polar surface area (TPSA) is 26.0 Å². The number of nitrogens with two attached hydrogens (primary N) is 1. The molecule has 0 aliphatic carbocycles. The van der Waals surface area contributed by atoms with Gasteiger partial charge in [0.15, 0.2) is 0 Å². The quantitative estimate of drug-likeness (QED) is 0.556. The van der Waals surface area contributed by atoms with Crippen molar-refractivity contribution in [1.29, 1.82) is 0 Å². The van der Waals surface area contributed by atoms with E-state index < -0.39 is 0 Å². The Bertz CT molecular complexity index is 112. The Kier molecular flexibility index (Phi) is 9.49. The highest BCUT2D eigenvalue weighted by atomic mass is 14.6. The Hall–Kier alpha value is -0.0400. The third-order valence-corrected chi connectivity index (χ3v) is 3.20. The molecule has 0 fully saturated rings. The van der Waals surface area contributed by atoms with E-state index in [1.165, 1.54) is 51.4 Å². The van der Waals surface area contributed by atoms with Gasteiger partial charge in [-0.3, -0.25) is 0 Å². The highest BCUT2D eigenvalue weighted by Crippen LogP contribution is 2.19. The first-order valence-corrected chi connectivity index (χ1v) is 6.51. The van der Waals surface area contributed by atoms with Gasteiger partial charge in [-0.05, 0) is 18.8 Å². The maximum absolute atomic E-state index is 6.21. The molecule has 0 aromatic carbocycles. The van der Waals surface area contributed by atoms with Gasteiger partial charge < -0.3 is 5.73 Å². The average molecular weight is 199 g/mol. The van der Waals surface area contributed by atoms with Crippen LogP contribution in [0.4, 0.5) is 0 Å². The van der Waals surface area contributed by atoms with Gasteiger partial charge >= 0.3 is 0 Å². The molecule has 0 aliphatic heterocycles. The van der Waals surface area contributed by atoms with E-state index >= 15 is 0 Å². The molecule has 0 aromatic heterocycles. The summed E-state index contributed by atoms with van der Waals surface area (Å²) in [5.74, 6) is 0.770. The van der Waals surface area contributed by atoms with E-state index in [9.17, 15) is 0 Å². The molecule has 0 spiro atoms. The van der Waals surface area contributed by atoms with Crippen LogP contribution in [-0.2, 0) is 0 Å². The Morgan fingerprint density at radius 2 is 1.50 bits per heavy atom. The molecule has 0 saturated heterocycles. The standard InChI is InChI=1S/C13H29N/c1-4-7-9-11-13(14)12(6-3)10-8-5-2/h12-13H,4-11,14H2,1-3H3. The van der Waals surface area contributed by atoms with Gasteiger partial charge in [-0.15, -0.1) is 0 Å². The third kappa shape index (κ3) is 6.42. The molecule has 86 valence electrons. The average Bonchev–Trinajstić information content (AvgIpc) is 2.19. The molecule has 1 heteroatoms. The van der Waals surface area contributed by atoms with Crippen molar-refractivity contribution in [1.82, 2.24) is 0 Å². The first kappa shape index (κ1) is 14.0. The number of rotatable bonds is 9. The smallest absolute Gasteiger partial charge is 0.00670 e. The minimum absolute atomic E-state index is 0.457. The first-order valence-electron chi connectivity index (χ1n) is 6.51. The van der Waals surface area contributed by atoms with Crippen LogP contribution in [0.3, 0.4) is 0 Å². The summed E-state index contributed by atoms with van der Waals surface area (Å²) in [6.45, 7) is 6.79. The zero-order chi connectivity index (χ0) is 10.8. The van der Waals surface area contributed by atoms with E-state index in [4.69, 9.17) is 5.73 Å². The summed E-state index contributed by atoms with van der Waals surface area (Å²) >= 11 is 0. The Balaban J connectivity index is 3.61. The number of hydrogen-bond donors (Lipinski definition) is 1. The molecule has 0 aliphatic rings. The summed E-state index contributed by atoms with van der Waals surface area (Å²) in [5, 5.41) is 0. The van der Waals surface area contributed by atoms with Gasteiger partial charge in [0.05, 0.1) is 0 Å². The van der Waals surface area contributed by atoms with Crippen LogP contribution >= 0.6 is 0 Å². The zero-order valence-electron chi connectivity index (χ0n) is 10.4. The van der Waals surface area contributed by atoms with Crippen molar-refractivity contribution >= 4 is 0 Å². The van der Waals surface area contributed by atoms with Crippen molar-refractivity contribution in [3.05, 3.63) is 0 Å². The predicted molar refractivity (Wildman–Crippen MR) is 65.4 cm³/mol. The molecule has 0 amide bonds. The second-order valence-corrected chi connectivity index (χ2v) is 4.47. The summed E-state index contributed by atoms with van der Waals surface area (Å²) in [6, 6.07) is 0.457. The molecular formula is C13H29N. The van der Waals surface area contributed by atoms with Crippen LogP contribution in [0.5, 0.6) is 0 Å². The molecule has 0 saturated carbocycles. The second-order valence-electron chi connectivity index (χ2n) is 4.47. The van der Waals surface area contributed by atoms with E-state index in [2.05, 4.69) is 20.8 Å². The molecule has 1 nitrogen and oxygen atoms in total. The largest absolute Gasteiger partial charge is 0.327 e.